The van der Waals surface area contributed by atoms with Gasteiger partial charge in [-0.2, -0.15) is 0 Å². The number of hydrogen-bond acceptors (Lipinski definition) is 4. The highest BCUT2D eigenvalue weighted by Gasteiger charge is 2.17. The molecule has 6 nitrogen and oxygen atoms in total. The van der Waals surface area contributed by atoms with Crippen molar-refractivity contribution in [3.8, 4) is 0 Å². The number of nitrogens with two attached hydrogens (primary N) is 1. The second-order valence-corrected chi connectivity index (χ2v) is 6.76. The summed E-state index contributed by atoms with van der Waals surface area (Å²) in [5.74, 6) is -0.778. The Morgan fingerprint density at radius 1 is 1.10 bits per heavy atom. The third-order valence-electron chi connectivity index (χ3n) is 4.37. The summed E-state index contributed by atoms with van der Waals surface area (Å²) in [5, 5.41) is 12.4. The number of aliphatic hydroxyl groups excluding tert-OH is 1. The van der Waals surface area contributed by atoms with Gasteiger partial charge in [0.2, 0.25) is 5.91 Å². The molecule has 0 radical (unpaired) electrons. The van der Waals surface area contributed by atoms with Gasteiger partial charge in [-0.25, -0.2) is 4.79 Å². The quantitative estimate of drug-likeness (QED) is 0.299. The fourth-order valence-electron chi connectivity index (χ4n) is 2.93. The van der Waals surface area contributed by atoms with Gasteiger partial charge in [0.1, 0.15) is 11.5 Å². The fraction of sp³-hybridized carbons (Fsp3) is 0.304. The molecule has 1 fully saturated rings. The van der Waals surface area contributed by atoms with E-state index in [1.165, 1.54) is 18.6 Å². The molecule has 2 amide bonds. The number of nitrogens with one attached hydrogen (secondary N) is 1. The van der Waals surface area contributed by atoms with Crippen LogP contribution in [-0.2, 0) is 9.53 Å². The van der Waals surface area contributed by atoms with E-state index in [0.29, 0.717) is 11.1 Å². The molecule has 0 unspecified atom stereocenters. The summed E-state index contributed by atoms with van der Waals surface area (Å²) in [5.41, 5.74) is 6.80. The van der Waals surface area contributed by atoms with Crippen LogP contribution in [0.5, 0.6) is 0 Å². The standard InChI is InChI=1S/C23H30N2O4/c1-5-10-19(15-18(6-2)22(24)27)16(3)13-21(14-17(4)26)29-23(28)25-20-11-8-7-9-12-20/h5-6,10,13-15,20,26H,1-2,4,7-9,11-12H2,3H3,(H2,24,27)(H,25,28)/b16-13+,18-15+,19-10+,21-14+. The molecule has 0 spiro atoms. The van der Waals surface area contributed by atoms with E-state index in [0.717, 1.165) is 25.7 Å². The Bertz CT molecular complexity index is 779. The number of carbonyl (C=O) groups excluding carboxylic acids is 2. The summed E-state index contributed by atoms with van der Waals surface area (Å²) in [4.78, 5) is 23.7. The Kier molecular flexibility index (Phi) is 10.0. The van der Waals surface area contributed by atoms with Crippen LogP contribution in [0.1, 0.15) is 39.0 Å². The molecule has 0 aromatic carbocycles. The zero-order valence-corrected chi connectivity index (χ0v) is 16.9. The molecule has 6 heteroatoms. The summed E-state index contributed by atoms with van der Waals surface area (Å²) in [6.07, 6.45) is 13.5. The molecule has 1 aliphatic carbocycles. The van der Waals surface area contributed by atoms with Gasteiger partial charge in [0.05, 0.1) is 0 Å². The highest BCUT2D eigenvalue weighted by molar-refractivity contribution is 5.95. The first-order valence-electron chi connectivity index (χ1n) is 9.50. The summed E-state index contributed by atoms with van der Waals surface area (Å²) < 4.78 is 5.37. The zero-order chi connectivity index (χ0) is 21.8. The Morgan fingerprint density at radius 3 is 2.28 bits per heavy atom. The normalized spacial score (nSPS) is 16.7. The van der Waals surface area contributed by atoms with Crippen molar-refractivity contribution in [1.82, 2.24) is 5.32 Å². The molecular formula is C23H30N2O4. The van der Waals surface area contributed by atoms with Crippen LogP contribution in [-0.4, -0.2) is 23.1 Å². The van der Waals surface area contributed by atoms with Crippen molar-refractivity contribution < 1.29 is 19.4 Å². The van der Waals surface area contributed by atoms with Crippen molar-refractivity contribution in [2.24, 2.45) is 5.73 Å². The molecule has 4 N–H and O–H groups in total. The molecule has 1 rings (SSSR count). The van der Waals surface area contributed by atoms with Gasteiger partial charge < -0.3 is 20.9 Å². The first-order chi connectivity index (χ1) is 13.8. The molecule has 0 bridgehead atoms. The van der Waals surface area contributed by atoms with Crippen molar-refractivity contribution in [1.29, 1.82) is 0 Å². The maximum atomic E-state index is 12.3. The second-order valence-electron chi connectivity index (χ2n) is 6.76. The minimum atomic E-state index is -0.620. The van der Waals surface area contributed by atoms with E-state index < -0.39 is 12.0 Å². The number of alkyl carbamates (subject to hydrolysis) is 1. The Morgan fingerprint density at radius 2 is 1.76 bits per heavy atom. The lowest BCUT2D eigenvalue weighted by Crippen LogP contribution is -2.36. The summed E-state index contributed by atoms with van der Waals surface area (Å²) >= 11 is 0. The smallest absolute Gasteiger partial charge is 0.412 e. The number of ether oxygens (including phenoxy) is 1. The first-order valence-corrected chi connectivity index (χ1v) is 9.50. The molecule has 156 valence electrons. The van der Waals surface area contributed by atoms with Crippen molar-refractivity contribution in [2.75, 3.05) is 0 Å². The summed E-state index contributed by atoms with van der Waals surface area (Å²) in [6, 6.07) is 0.0878. The van der Waals surface area contributed by atoms with E-state index in [1.54, 1.807) is 31.2 Å². The molecule has 0 atom stereocenters. The monoisotopic (exact) mass is 398 g/mol. The van der Waals surface area contributed by atoms with Gasteiger partial charge in [-0.15, -0.1) is 0 Å². The van der Waals surface area contributed by atoms with Gasteiger partial charge in [0, 0.05) is 17.7 Å². The van der Waals surface area contributed by atoms with Crippen LogP contribution < -0.4 is 11.1 Å². The van der Waals surface area contributed by atoms with Gasteiger partial charge in [0.25, 0.3) is 0 Å². The first kappa shape index (κ1) is 23.8. The minimum Gasteiger partial charge on any atom is -0.508 e. The highest BCUT2D eigenvalue weighted by atomic mass is 16.6. The average Bonchev–Trinajstić information content (AvgIpc) is 2.64. The van der Waals surface area contributed by atoms with Gasteiger partial charge in [-0.3, -0.25) is 4.79 Å². The summed E-state index contributed by atoms with van der Waals surface area (Å²) in [6.45, 7) is 12.4. The van der Waals surface area contributed by atoms with E-state index >= 15 is 0 Å². The zero-order valence-electron chi connectivity index (χ0n) is 16.9. The lowest BCUT2D eigenvalue weighted by Gasteiger charge is -2.22. The van der Waals surface area contributed by atoms with Crippen LogP contribution in [0.25, 0.3) is 0 Å². The number of allylic oxidation sites excluding steroid dienone is 7. The third kappa shape index (κ3) is 8.97. The van der Waals surface area contributed by atoms with Crippen molar-refractivity contribution in [3.05, 3.63) is 84.4 Å². The maximum Gasteiger partial charge on any atom is 0.412 e. The van der Waals surface area contributed by atoms with Crippen LogP contribution in [0.15, 0.2) is 84.4 Å². The van der Waals surface area contributed by atoms with Crippen molar-refractivity contribution >= 4 is 12.0 Å². The van der Waals surface area contributed by atoms with E-state index in [4.69, 9.17) is 10.5 Å². The lowest BCUT2D eigenvalue weighted by molar-refractivity contribution is -0.114. The van der Waals surface area contributed by atoms with Crippen LogP contribution >= 0.6 is 0 Å². The predicted octanol–water partition coefficient (Wildman–Crippen LogP) is 4.66. The number of amides is 2. The maximum absolute atomic E-state index is 12.3. The van der Waals surface area contributed by atoms with E-state index in [-0.39, 0.29) is 23.1 Å². The Labute approximate surface area is 172 Å². The van der Waals surface area contributed by atoms with Crippen LogP contribution in [0.2, 0.25) is 0 Å². The average molecular weight is 399 g/mol. The van der Waals surface area contributed by atoms with Gasteiger partial charge >= 0.3 is 6.09 Å². The lowest BCUT2D eigenvalue weighted by atomic mass is 9.96. The van der Waals surface area contributed by atoms with Crippen LogP contribution in [0.4, 0.5) is 4.79 Å². The van der Waals surface area contributed by atoms with Crippen LogP contribution in [0.3, 0.4) is 0 Å². The molecule has 0 heterocycles. The predicted molar refractivity (Wildman–Crippen MR) is 116 cm³/mol. The second kappa shape index (κ2) is 12.2. The molecule has 1 aliphatic rings. The molecule has 0 saturated heterocycles. The summed E-state index contributed by atoms with van der Waals surface area (Å²) in [7, 11) is 0. The molecule has 0 aromatic heterocycles. The third-order valence-corrected chi connectivity index (χ3v) is 4.37. The number of rotatable bonds is 9. The van der Waals surface area contributed by atoms with Crippen molar-refractivity contribution in [3.63, 3.8) is 0 Å². The van der Waals surface area contributed by atoms with E-state index in [2.05, 4.69) is 25.1 Å². The molecular weight excluding hydrogens is 368 g/mol. The van der Waals surface area contributed by atoms with Gasteiger partial charge in [-0.1, -0.05) is 57.2 Å². The number of carbonyl (C=O) groups is 2. The molecule has 0 aromatic rings. The molecule has 0 aliphatic heterocycles. The number of aliphatic hydroxyl groups is 1. The number of primary amides is 1. The van der Waals surface area contributed by atoms with E-state index in [9.17, 15) is 14.7 Å². The minimum absolute atomic E-state index is 0.0878. The molecule has 29 heavy (non-hydrogen) atoms. The van der Waals surface area contributed by atoms with Crippen LogP contribution in [0, 0.1) is 0 Å². The Balaban J connectivity index is 3.07. The van der Waals surface area contributed by atoms with Crippen molar-refractivity contribution in [2.45, 2.75) is 45.1 Å². The molecule has 1 saturated carbocycles. The highest BCUT2D eigenvalue weighted by Crippen LogP contribution is 2.20. The largest absolute Gasteiger partial charge is 0.508 e. The van der Waals surface area contributed by atoms with Gasteiger partial charge in [0.15, 0.2) is 0 Å². The Hall–Kier alpha value is -3.28. The van der Waals surface area contributed by atoms with Gasteiger partial charge in [-0.05, 0) is 43.1 Å². The number of hydrogen-bond donors (Lipinski definition) is 3. The fourth-order valence-corrected chi connectivity index (χ4v) is 2.93. The van der Waals surface area contributed by atoms with E-state index in [1.807, 2.05) is 0 Å². The SMILES string of the molecule is C=C/C=C(\C=C(/C=C)C(N)=O)C(/C)=C/C(=C\C(=C)O)OC(=O)NC1CCCCC1. The topological polar surface area (TPSA) is 102 Å².